The Balaban J connectivity index is 1.52. The van der Waals surface area contributed by atoms with E-state index in [1.807, 2.05) is 34.9 Å². The number of nitrogens with zero attached hydrogens (tertiary/aromatic N) is 2. The molecular formula is C17H19N3OS. The second-order valence-corrected chi connectivity index (χ2v) is 7.26. The van der Waals surface area contributed by atoms with Crippen LogP contribution in [0.2, 0.25) is 0 Å². The van der Waals surface area contributed by atoms with Gasteiger partial charge in [0.1, 0.15) is 0 Å². The Hall–Kier alpha value is -1.75. The highest BCUT2D eigenvalue weighted by Crippen LogP contribution is 2.34. The summed E-state index contributed by atoms with van der Waals surface area (Å²) in [6, 6.07) is 10.2. The van der Waals surface area contributed by atoms with Crippen molar-refractivity contribution in [2.75, 3.05) is 12.3 Å². The van der Waals surface area contributed by atoms with Crippen LogP contribution in [-0.4, -0.2) is 38.6 Å². The van der Waals surface area contributed by atoms with Gasteiger partial charge in [-0.3, -0.25) is 9.89 Å². The summed E-state index contributed by atoms with van der Waals surface area (Å²) < 4.78 is 0. The van der Waals surface area contributed by atoms with Gasteiger partial charge in [0, 0.05) is 41.6 Å². The maximum absolute atomic E-state index is 12.4. The van der Waals surface area contributed by atoms with Gasteiger partial charge in [-0.05, 0) is 12.8 Å². The van der Waals surface area contributed by atoms with E-state index in [-0.39, 0.29) is 5.91 Å². The van der Waals surface area contributed by atoms with Crippen molar-refractivity contribution in [3.63, 3.8) is 0 Å². The summed E-state index contributed by atoms with van der Waals surface area (Å²) in [6.45, 7) is 1.48. The Morgan fingerprint density at radius 1 is 1.32 bits per heavy atom. The second kappa shape index (κ2) is 5.80. The zero-order valence-electron chi connectivity index (χ0n) is 12.4. The Kier molecular flexibility index (Phi) is 3.66. The number of benzene rings is 1. The monoisotopic (exact) mass is 313 g/mol. The predicted molar refractivity (Wildman–Crippen MR) is 88.6 cm³/mol. The average molecular weight is 313 g/mol. The first-order valence-electron chi connectivity index (χ1n) is 7.82. The molecule has 1 amide bonds. The first kappa shape index (κ1) is 13.9. The van der Waals surface area contributed by atoms with Crippen LogP contribution in [0.3, 0.4) is 0 Å². The summed E-state index contributed by atoms with van der Waals surface area (Å²) >= 11 is 1.81. The van der Waals surface area contributed by atoms with Gasteiger partial charge in [0.2, 0.25) is 5.91 Å². The zero-order chi connectivity index (χ0) is 14.9. The van der Waals surface area contributed by atoms with E-state index in [0.717, 1.165) is 29.5 Å². The topological polar surface area (TPSA) is 49.0 Å². The van der Waals surface area contributed by atoms with Gasteiger partial charge < -0.3 is 4.90 Å². The molecule has 2 aliphatic rings. The molecule has 0 radical (unpaired) electrons. The average Bonchev–Trinajstić information content (AvgIpc) is 3.30. The van der Waals surface area contributed by atoms with Gasteiger partial charge in [-0.2, -0.15) is 5.10 Å². The molecule has 1 aromatic heterocycles. The van der Waals surface area contributed by atoms with Crippen LogP contribution in [0.25, 0.3) is 11.3 Å². The lowest BCUT2D eigenvalue weighted by Gasteiger charge is -2.27. The van der Waals surface area contributed by atoms with Crippen molar-refractivity contribution < 1.29 is 4.79 Å². The highest BCUT2D eigenvalue weighted by molar-refractivity contribution is 8.00. The first-order valence-corrected chi connectivity index (χ1v) is 8.87. The summed E-state index contributed by atoms with van der Waals surface area (Å²) in [5.41, 5.74) is 4.46. The highest BCUT2D eigenvalue weighted by atomic mass is 32.2. The van der Waals surface area contributed by atoms with E-state index in [1.165, 1.54) is 24.1 Å². The molecule has 1 aliphatic heterocycles. The van der Waals surface area contributed by atoms with Gasteiger partial charge in [-0.1, -0.05) is 30.3 Å². The van der Waals surface area contributed by atoms with E-state index >= 15 is 0 Å². The maximum atomic E-state index is 12.4. The molecule has 1 fully saturated rings. The number of aromatic amines is 1. The third kappa shape index (κ3) is 2.77. The highest BCUT2D eigenvalue weighted by Gasteiger charge is 2.28. The normalized spacial score (nSPS) is 17.4. The Bertz CT molecular complexity index is 678. The van der Waals surface area contributed by atoms with Crippen LogP contribution >= 0.6 is 11.8 Å². The maximum Gasteiger partial charge on any atom is 0.232 e. The number of carbonyl (C=O) groups excluding carboxylic acids is 1. The molecule has 5 heteroatoms. The van der Waals surface area contributed by atoms with Crippen molar-refractivity contribution in [2.45, 2.75) is 31.1 Å². The van der Waals surface area contributed by atoms with Crippen molar-refractivity contribution in [1.82, 2.24) is 15.1 Å². The van der Waals surface area contributed by atoms with E-state index < -0.39 is 0 Å². The third-order valence-electron chi connectivity index (χ3n) is 4.30. The SMILES string of the molecule is O=C(CSC1CC1)N1CCc2[nH]nc(-c3ccccc3)c2C1. The van der Waals surface area contributed by atoms with Gasteiger partial charge in [0.15, 0.2) is 0 Å². The van der Waals surface area contributed by atoms with Crippen molar-refractivity contribution in [1.29, 1.82) is 0 Å². The van der Waals surface area contributed by atoms with Crippen LogP contribution < -0.4 is 0 Å². The number of aromatic nitrogens is 2. The predicted octanol–water partition coefficient (Wildman–Crippen LogP) is 2.86. The van der Waals surface area contributed by atoms with Crippen LogP contribution in [0.15, 0.2) is 30.3 Å². The molecule has 0 saturated heterocycles. The lowest BCUT2D eigenvalue weighted by molar-refractivity contribution is -0.129. The molecule has 4 rings (SSSR count). The standard InChI is InChI=1S/C17H19N3OS/c21-16(11-22-13-6-7-13)20-9-8-15-14(10-20)17(19-18-15)12-4-2-1-3-5-12/h1-5,13H,6-11H2,(H,18,19). The third-order valence-corrected chi connectivity index (χ3v) is 5.66. The first-order chi connectivity index (χ1) is 10.8. The summed E-state index contributed by atoms with van der Waals surface area (Å²) in [7, 11) is 0. The van der Waals surface area contributed by atoms with Gasteiger partial charge >= 0.3 is 0 Å². The lowest BCUT2D eigenvalue weighted by atomic mass is 10.0. The number of fused-ring (bicyclic) bond motifs is 1. The number of hydrogen-bond acceptors (Lipinski definition) is 3. The van der Waals surface area contributed by atoms with Gasteiger partial charge in [-0.15, -0.1) is 11.8 Å². The number of hydrogen-bond donors (Lipinski definition) is 1. The number of H-pyrrole nitrogens is 1. The van der Waals surface area contributed by atoms with Gasteiger partial charge in [0.25, 0.3) is 0 Å². The number of thioether (sulfide) groups is 1. The van der Waals surface area contributed by atoms with Crippen molar-refractivity contribution >= 4 is 17.7 Å². The van der Waals surface area contributed by atoms with E-state index in [9.17, 15) is 4.79 Å². The fraction of sp³-hybridized carbons (Fsp3) is 0.412. The van der Waals surface area contributed by atoms with E-state index in [2.05, 4.69) is 22.3 Å². The minimum atomic E-state index is 0.266. The number of nitrogens with one attached hydrogen (secondary N) is 1. The Morgan fingerprint density at radius 3 is 2.91 bits per heavy atom. The molecular weight excluding hydrogens is 294 g/mol. The molecule has 2 aromatic rings. The van der Waals surface area contributed by atoms with Crippen molar-refractivity contribution in [3.05, 3.63) is 41.6 Å². The van der Waals surface area contributed by atoms with Crippen LogP contribution in [0.5, 0.6) is 0 Å². The number of carbonyl (C=O) groups is 1. The smallest absolute Gasteiger partial charge is 0.232 e. The Morgan fingerprint density at radius 2 is 2.14 bits per heavy atom. The molecule has 0 spiro atoms. The summed E-state index contributed by atoms with van der Waals surface area (Å²) in [6.07, 6.45) is 3.43. The Labute approximate surface area is 134 Å². The number of amides is 1. The molecule has 22 heavy (non-hydrogen) atoms. The summed E-state index contributed by atoms with van der Waals surface area (Å²) in [5, 5.41) is 8.36. The summed E-state index contributed by atoms with van der Waals surface area (Å²) in [4.78, 5) is 14.4. The van der Waals surface area contributed by atoms with E-state index in [0.29, 0.717) is 12.3 Å². The van der Waals surface area contributed by atoms with Crippen LogP contribution in [0, 0.1) is 0 Å². The molecule has 4 nitrogen and oxygen atoms in total. The zero-order valence-corrected chi connectivity index (χ0v) is 13.2. The van der Waals surface area contributed by atoms with Crippen LogP contribution in [-0.2, 0) is 17.8 Å². The molecule has 1 aromatic carbocycles. The van der Waals surface area contributed by atoms with Crippen LogP contribution in [0.1, 0.15) is 24.1 Å². The lowest BCUT2D eigenvalue weighted by Crippen LogP contribution is -2.37. The van der Waals surface area contributed by atoms with Gasteiger partial charge in [-0.25, -0.2) is 0 Å². The molecule has 1 N–H and O–H groups in total. The molecule has 1 aliphatic carbocycles. The second-order valence-electron chi connectivity index (χ2n) is 5.97. The van der Waals surface area contributed by atoms with E-state index in [4.69, 9.17) is 0 Å². The minimum Gasteiger partial charge on any atom is -0.337 e. The molecule has 114 valence electrons. The molecule has 0 bridgehead atoms. The number of rotatable bonds is 4. The van der Waals surface area contributed by atoms with E-state index in [1.54, 1.807) is 0 Å². The molecule has 0 unspecified atom stereocenters. The molecule has 0 atom stereocenters. The summed E-state index contributed by atoms with van der Waals surface area (Å²) in [5.74, 6) is 0.890. The van der Waals surface area contributed by atoms with Crippen molar-refractivity contribution in [2.24, 2.45) is 0 Å². The minimum absolute atomic E-state index is 0.266. The largest absolute Gasteiger partial charge is 0.337 e. The van der Waals surface area contributed by atoms with Gasteiger partial charge in [0.05, 0.1) is 11.4 Å². The van der Waals surface area contributed by atoms with Crippen LogP contribution in [0.4, 0.5) is 0 Å². The quantitative estimate of drug-likeness (QED) is 0.944. The molecule has 2 heterocycles. The van der Waals surface area contributed by atoms with Crippen molar-refractivity contribution in [3.8, 4) is 11.3 Å². The fourth-order valence-electron chi connectivity index (χ4n) is 2.86. The molecule has 1 saturated carbocycles. The fourth-order valence-corrected chi connectivity index (χ4v) is 3.89.